The minimum absolute atomic E-state index is 0.0853. The normalized spacial score (nSPS) is 18.9. The SMILES string of the molecule is CC1=NC(C)(CCc2ccc(OCCCOc3ccccc3)cc2)CO1. The molecule has 1 atom stereocenters. The Morgan fingerprint density at radius 2 is 1.62 bits per heavy atom. The van der Waals surface area contributed by atoms with E-state index in [1.807, 2.05) is 49.4 Å². The molecule has 4 heteroatoms. The molecule has 0 aliphatic carbocycles. The number of hydrogen-bond acceptors (Lipinski definition) is 4. The van der Waals surface area contributed by atoms with Crippen molar-refractivity contribution in [1.82, 2.24) is 0 Å². The molecular weight excluding hydrogens is 326 g/mol. The van der Waals surface area contributed by atoms with E-state index in [9.17, 15) is 0 Å². The molecule has 0 N–H and O–H groups in total. The van der Waals surface area contributed by atoms with Gasteiger partial charge in [0.25, 0.3) is 0 Å². The summed E-state index contributed by atoms with van der Waals surface area (Å²) in [6.45, 7) is 6.06. The smallest absolute Gasteiger partial charge is 0.180 e. The Labute approximate surface area is 155 Å². The number of ether oxygens (including phenoxy) is 3. The van der Waals surface area contributed by atoms with Crippen LogP contribution in [0, 0.1) is 0 Å². The lowest BCUT2D eigenvalue weighted by atomic mass is 9.95. The predicted octanol–water partition coefficient (Wildman–Crippen LogP) is 4.67. The molecule has 2 aromatic rings. The van der Waals surface area contributed by atoms with Crippen LogP contribution in [-0.4, -0.2) is 31.3 Å². The van der Waals surface area contributed by atoms with Crippen molar-refractivity contribution in [3.8, 4) is 11.5 Å². The summed E-state index contributed by atoms with van der Waals surface area (Å²) in [6, 6.07) is 18.2. The van der Waals surface area contributed by atoms with Gasteiger partial charge in [-0.25, -0.2) is 4.99 Å². The molecule has 1 unspecified atom stereocenters. The summed E-state index contributed by atoms with van der Waals surface area (Å²) in [4.78, 5) is 4.59. The van der Waals surface area contributed by atoms with Gasteiger partial charge in [0.2, 0.25) is 0 Å². The Balaban J connectivity index is 1.35. The maximum Gasteiger partial charge on any atom is 0.180 e. The van der Waals surface area contributed by atoms with Gasteiger partial charge in [0.1, 0.15) is 18.1 Å². The zero-order valence-corrected chi connectivity index (χ0v) is 15.6. The molecule has 1 aliphatic rings. The molecule has 2 aromatic carbocycles. The fraction of sp³-hybridized carbons (Fsp3) is 0.409. The maximum atomic E-state index is 5.79. The molecule has 1 heterocycles. The minimum Gasteiger partial charge on any atom is -0.493 e. The first-order valence-corrected chi connectivity index (χ1v) is 9.22. The van der Waals surface area contributed by atoms with E-state index in [1.165, 1.54) is 5.56 Å². The van der Waals surface area contributed by atoms with Gasteiger partial charge in [-0.05, 0) is 49.6 Å². The number of nitrogens with zero attached hydrogens (tertiary/aromatic N) is 1. The first-order chi connectivity index (χ1) is 12.6. The zero-order chi connectivity index (χ0) is 18.2. The Kier molecular flexibility index (Phi) is 6.16. The van der Waals surface area contributed by atoms with Gasteiger partial charge in [-0.1, -0.05) is 30.3 Å². The van der Waals surface area contributed by atoms with E-state index in [0.29, 0.717) is 19.8 Å². The highest BCUT2D eigenvalue weighted by molar-refractivity contribution is 5.75. The van der Waals surface area contributed by atoms with Crippen molar-refractivity contribution >= 4 is 5.90 Å². The van der Waals surface area contributed by atoms with Gasteiger partial charge in [-0.15, -0.1) is 0 Å². The Morgan fingerprint density at radius 1 is 0.962 bits per heavy atom. The highest BCUT2D eigenvalue weighted by Crippen LogP contribution is 2.25. The summed E-state index contributed by atoms with van der Waals surface area (Å²) in [7, 11) is 0. The second kappa shape index (κ2) is 8.75. The van der Waals surface area contributed by atoms with Crippen LogP contribution in [0.3, 0.4) is 0 Å². The number of aliphatic imine (C=N–C) groups is 1. The molecule has 0 amide bonds. The van der Waals surface area contributed by atoms with Crippen molar-refractivity contribution < 1.29 is 14.2 Å². The number of rotatable bonds is 9. The lowest BCUT2D eigenvalue weighted by Gasteiger charge is -2.18. The maximum absolute atomic E-state index is 5.79. The molecule has 1 aliphatic heterocycles. The van der Waals surface area contributed by atoms with E-state index >= 15 is 0 Å². The molecule has 4 nitrogen and oxygen atoms in total. The van der Waals surface area contributed by atoms with E-state index in [1.54, 1.807) is 0 Å². The van der Waals surface area contributed by atoms with Gasteiger partial charge < -0.3 is 14.2 Å². The van der Waals surface area contributed by atoms with Gasteiger partial charge in [0.15, 0.2) is 5.90 Å². The second-order valence-corrected chi connectivity index (χ2v) is 6.92. The van der Waals surface area contributed by atoms with Crippen LogP contribution in [-0.2, 0) is 11.2 Å². The molecule has 0 spiro atoms. The third kappa shape index (κ3) is 5.51. The highest BCUT2D eigenvalue weighted by atomic mass is 16.5. The number of para-hydroxylation sites is 1. The minimum atomic E-state index is -0.0853. The third-order valence-electron chi connectivity index (χ3n) is 4.46. The molecule has 0 saturated heterocycles. The largest absolute Gasteiger partial charge is 0.493 e. The molecule has 0 saturated carbocycles. The van der Waals surface area contributed by atoms with Crippen molar-refractivity contribution in [2.24, 2.45) is 4.99 Å². The first kappa shape index (κ1) is 18.3. The van der Waals surface area contributed by atoms with E-state index in [-0.39, 0.29) is 5.54 Å². The van der Waals surface area contributed by atoms with Crippen LogP contribution in [0.25, 0.3) is 0 Å². The van der Waals surface area contributed by atoms with Gasteiger partial charge in [-0.2, -0.15) is 0 Å². The average Bonchev–Trinajstić information content (AvgIpc) is 3.01. The Bertz CT molecular complexity index is 712. The first-order valence-electron chi connectivity index (χ1n) is 9.22. The fourth-order valence-electron chi connectivity index (χ4n) is 2.95. The predicted molar refractivity (Wildman–Crippen MR) is 104 cm³/mol. The second-order valence-electron chi connectivity index (χ2n) is 6.92. The molecule has 138 valence electrons. The summed E-state index contributed by atoms with van der Waals surface area (Å²) in [5.74, 6) is 2.60. The summed E-state index contributed by atoms with van der Waals surface area (Å²) < 4.78 is 16.9. The third-order valence-corrected chi connectivity index (χ3v) is 4.46. The van der Waals surface area contributed by atoms with Gasteiger partial charge >= 0.3 is 0 Å². The van der Waals surface area contributed by atoms with Crippen LogP contribution >= 0.6 is 0 Å². The van der Waals surface area contributed by atoms with Crippen molar-refractivity contribution in [2.75, 3.05) is 19.8 Å². The van der Waals surface area contributed by atoms with E-state index in [2.05, 4.69) is 24.0 Å². The number of hydrogen-bond donors (Lipinski definition) is 0. The summed E-state index contributed by atoms with van der Waals surface area (Å²) >= 11 is 0. The Morgan fingerprint density at radius 3 is 2.23 bits per heavy atom. The van der Waals surface area contributed by atoms with Crippen molar-refractivity contribution in [2.45, 2.75) is 38.6 Å². The molecule has 3 rings (SSSR count). The van der Waals surface area contributed by atoms with Crippen LogP contribution in [0.4, 0.5) is 0 Å². The topological polar surface area (TPSA) is 40.0 Å². The van der Waals surface area contributed by atoms with E-state index in [4.69, 9.17) is 14.2 Å². The van der Waals surface area contributed by atoms with Crippen LogP contribution < -0.4 is 9.47 Å². The van der Waals surface area contributed by atoms with E-state index in [0.717, 1.165) is 36.7 Å². The molecule has 26 heavy (non-hydrogen) atoms. The van der Waals surface area contributed by atoms with Crippen LogP contribution in [0.15, 0.2) is 59.6 Å². The van der Waals surface area contributed by atoms with Crippen LogP contribution in [0.2, 0.25) is 0 Å². The molecule has 0 radical (unpaired) electrons. The highest BCUT2D eigenvalue weighted by Gasteiger charge is 2.29. The van der Waals surface area contributed by atoms with Crippen molar-refractivity contribution in [3.63, 3.8) is 0 Å². The summed E-state index contributed by atoms with van der Waals surface area (Å²) in [6.07, 6.45) is 2.83. The quantitative estimate of drug-likeness (QED) is 0.615. The van der Waals surface area contributed by atoms with Crippen LogP contribution in [0.5, 0.6) is 11.5 Å². The van der Waals surface area contributed by atoms with Crippen molar-refractivity contribution in [3.05, 3.63) is 60.2 Å². The lowest BCUT2D eigenvalue weighted by Crippen LogP contribution is -2.24. The number of aryl methyl sites for hydroxylation is 1. The monoisotopic (exact) mass is 353 g/mol. The lowest BCUT2D eigenvalue weighted by molar-refractivity contribution is 0.247. The zero-order valence-electron chi connectivity index (χ0n) is 15.6. The molecule has 0 fully saturated rings. The molecular formula is C22H27NO3. The van der Waals surface area contributed by atoms with Gasteiger partial charge in [0.05, 0.1) is 18.8 Å². The van der Waals surface area contributed by atoms with Gasteiger partial charge in [0, 0.05) is 13.3 Å². The van der Waals surface area contributed by atoms with Crippen molar-refractivity contribution in [1.29, 1.82) is 0 Å². The van der Waals surface area contributed by atoms with E-state index < -0.39 is 0 Å². The fourth-order valence-corrected chi connectivity index (χ4v) is 2.95. The molecule has 0 bridgehead atoms. The standard InChI is InChI=1S/C22H27NO3/c1-18-23-22(2,17-26-18)14-13-19-9-11-21(12-10-19)25-16-6-15-24-20-7-4-3-5-8-20/h3-5,7-12H,6,13-17H2,1-2H3. The summed E-state index contributed by atoms with van der Waals surface area (Å²) in [5, 5.41) is 0. The summed E-state index contributed by atoms with van der Waals surface area (Å²) in [5.41, 5.74) is 1.21. The van der Waals surface area contributed by atoms with Gasteiger partial charge in [-0.3, -0.25) is 0 Å². The Hall–Kier alpha value is -2.49. The van der Waals surface area contributed by atoms with Crippen LogP contribution in [0.1, 0.15) is 32.3 Å². The average molecular weight is 353 g/mol. The number of benzene rings is 2. The molecule has 0 aromatic heterocycles.